The van der Waals surface area contributed by atoms with Crippen molar-refractivity contribution in [3.8, 4) is 5.75 Å². The van der Waals surface area contributed by atoms with Gasteiger partial charge in [0.1, 0.15) is 23.1 Å². The Labute approximate surface area is 189 Å². The number of pyridine rings is 2. The summed E-state index contributed by atoms with van der Waals surface area (Å²) in [6.07, 6.45) is 1.95. The van der Waals surface area contributed by atoms with Gasteiger partial charge < -0.3 is 20.3 Å². The zero-order valence-electron chi connectivity index (χ0n) is 17.9. The van der Waals surface area contributed by atoms with Crippen molar-refractivity contribution in [2.45, 2.75) is 13.3 Å². The lowest BCUT2D eigenvalue weighted by Crippen LogP contribution is -2.37. The second-order valence-corrected chi connectivity index (χ2v) is 7.66. The molecule has 0 aliphatic carbocycles. The van der Waals surface area contributed by atoms with Gasteiger partial charge in [-0.05, 0) is 49.7 Å². The molecule has 0 saturated carbocycles. The van der Waals surface area contributed by atoms with Crippen LogP contribution in [-0.2, 0) is 0 Å². The fourth-order valence-electron chi connectivity index (χ4n) is 3.57. The van der Waals surface area contributed by atoms with Crippen LogP contribution in [0.25, 0.3) is 0 Å². The predicted octanol–water partition coefficient (Wildman–Crippen LogP) is 3.80. The maximum absolute atomic E-state index is 12.8. The molecule has 32 heavy (non-hydrogen) atoms. The van der Waals surface area contributed by atoms with Gasteiger partial charge in [-0.15, -0.1) is 0 Å². The van der Waals surface area contributed by atoms with Crippen molar-refractivity contribution in [3.05, 3.63) is 77.6 Å². The van der Waals surface area contributed by atoms with Crippen LogP contribution in [0.15, 0.2) is 60.8 Å². The highest BCUT2D eigenvalue weighted by Crippen LogP contribution is 2.19. The Hall–Kier alpha value is -3.94. The van der Waals surface area contributed by atoms with E-state index in [1.807, 2.05) is 25.1 Å². The van der Waals surface area contributed by atoms with Gasteiger partial charge in [0, 0.05) is 35.2 Å². The highest BCUT2D eigenvalue weighted by atomic mass is 16.6. The van der Waals surface area contributed by atoms with Crippen molar-refractivity contribution in [2.75, 3.05) is 36.8 Å². The molecular formula is C24H29N5O3. The Morgan fingerprint density at radius 2 is 1.81 bits per heavy atom. The van der Waals surface area contributed by atoms with Crippen LogP contribution in [0.5, 0.6) is 5.75 Å². The van der Waals surface area contributed by atoms with E-state index in [2.05, 4.69) is 14.9 Å². The van der Waals surface area contributed by atoms with Crippen LogP contribution in [0, 0.1) is 6.92 Å². The third-order valence-corrected chi connectivity index (χ3v) is 5.35. The minimum Gasteiger partial charge on any atom is -0.410 e. The zero-order valence-corrected chi connectivity index (χ0v) is 17.9. The number of anilines is 2. The molecule has 1 aliphatic heterocycles. The molecule has 8 nitrogen and oxygen atoms in total. The topological polar surface area (TPSA) is 102 Å². The number of aryl methyl sites for hydroxylation is 1. The van der Waals surface area contributed by atoms with Crippen LogP contribution in [0.2, 0.25) is 0 Å². The van der Waals surface area contributed by atoms with Gasteiger partial charge in [0.2, 0.25) is 5.78 Å². The minimum absolute atomic E-state index is 0. The third kappa shape index (κ3) is 4.85. The molecule has 2 N–H and O–H groups in total. The van der Waals surface area contributed by atoms with Gasteiger partial charge in [0.15, 0.2) is 0 Å². The summed E-state index contributed by atoms with van der Waals surface area (Å²) in [6, 6.07) is 16.0. The lowest BCUT2D eigenvalue weighted by molar-refractivity contribution is 0.103. The first-order chi connectivity index (χ1) is 15.5. The van der Waals surface area contributed by atoms with E-state index in [0.717, 1.165) is 12.0 Å². The third-order valence-electron chi connectivity index (χ3n) is 5.35. The molecule has 2 aromatic heterocycles. The molecule has 1 aromatic carbocycles. The monoisotopic (exact) mass is 435 g/mol. The van der Waals surface area contributed by atoms with E-state index in [1.165, 1.54) is 0 Å². The first kappa shape index (κ1) is 21.3. The summed E-state index contributed by atoms with van der Waals surface area (Å²) in [5.74, 6) is 1.13. The first-order valence-corrected chi connectivity index (χ1v) is 10.5. The fraction of sp³-hybridized carbons (Fsp3) is 0.250. The normalized spacial score (nSPS) is 14.0. The van der Waals surface area contributed by atoms with Crippen LogP contribution in [0.3, 0.4) is 0 Å². The second kappa shape index (κ2) is 9.47. The van der Waals surface area contributed by atoms with E-state index < -0.39 is 0 Å². The summed E-state index contributed by atoms with van der Waals surface area (Å²) in [7, 11) is 0. The van der Waals surface area contributed by atoms with Gasteiger partial charge in [0.25, 0.3) is 0 Å². The number of carbonyl (C=O) groups excluding carboxylic acids is 2. The number of nitrogens with two attached hydrogens (primary N) is 1. The fourth-order valence-corrected chi connectivity index (χ4v) is 3.57. The van der Waals surface area contributed by atoms with Crippen LogP contribution < -0.4 is 15.4 Å². The van der Waals surface area contributed by atoms with Gasteiger partial charge in [-0.25, -0.2) is 14.8 Å². The number of amides is 1. The van der Waals surface area contributed by atoms with E-state index in [9.17, 15) is 9.59 Å². The van der Waals surface area contributed by atoms with Gasteiger partial charge >= 0.3 is 6.09 Å². The summed E-state index contributed by atoms with van der Waals surface area (Å²) in [5, 5.41) is 0. The molecule has 3 heterocycles. The van der Waals surface area contributed by atoms with E-state index in [0.29, 0.717) is 49.0 Å². The van der Waals surface area contributed by atoms with Crippen molar-refractivity contribution >= 4 is 23.5 Å². The molecule has 1 fully saturated rings. The number of benzene rings is 1. The number of nitrogen functional groups attached to an aromatic ring is 1. The maximum atomic E-state index is 12.8. The van der Waals surface area contributed by atoms with Crippen molar-refractivity contribution in [1.29, 1.82) is 0 Å². The van der Waals surface area contributed by atoms with Gasteiger partial charge in [-0.2, -0.15) is 0 Å². The SMILES string of the molecule is Cc1ccc(OC(=O)N2CCCN(c3cccc(C(=O)c4cccnc4N)n3)CC2)cc1.[HH].[HH]. The van der Waals surface area contributed by atoms with Gasteiger partial charge in [0.05, 0.1) is 5.56 Å². The number of ether oxygens (including phenoxy) is 1. The highest BCUT2D eigenvalue weighted by Gasteiger charge is 2.22. The Balaban J connectivity index is 0.00000204. The summed E-state index contributed by atoms with van der Waals surface area (Å²) in [6.45, 7) is 4.38. The molecule has 1 aliphatic rings. The summed E-state index contributed by atoms with van der Waals surface area (Å²) >= 11 is 0. The Bertz CT molecular complexity index is 1130. The number of hydrogen-bond donors (Lipinski definition) is 1. The molecule has 168 valence electrons. The molecule has 3 aromatic rings. The molecule has 8 heteroatoms. The largest absolute Gasteiger partial charge is 0.415 e. The molecule has 1 saturated heterocycles. The zero-order chi connectivity index (χ0) is 22.5. The molecular weight excluding hydrogens is 406 g/mol. The van der Waals surface area contributed by atoms with Crippen molar-refractivity contribution in [1.82, 2.24) is 14.9 Å². The van der Waals surface area contributed by atoms with E-state index >= 15 is 0 Å². The van der Waals surface area contributed by atoms with Gasteiger partial charge in [-0.1, -0.05) is 23.8 Å². The van der Waals surface area contributed by atoms with Crippen LogP contribution in [0.4, 0.5) is 16.4 Å². The predicted molar refractivity (Wildman–Crippen MR) is 126 cm³/mol. The van der Waals surface area contributed by atoms with Crippen molar-refractivity contribution < 1.29 is 17.2 Å². The van der Waals surface area contributed by atoms with E-state index in [4.69, 9.17) is 10.5 Å². The molecule has 0 atom stereocenters. The van der Waals surface area contributed by atoms with Crippen molar-refractivity contribution in [3.63, 3.8) is 0 Å². The first-order valence-electron chi connectivity index (χ1n) is 10.5. The quantitative estimate of drug-likeness (QED) is 0.622. The molecule has 0 unspecified atom stereocenters. The lowest BCUT2D eigenvalue weighted by atomic mass is 10.1. The van der Waals surface area contributed by atoms with Crippen molar-refractivity contribution in [2.24, 2.45) is 0 Å². The maximum Gasteiger partial charge on any atom is 0.415 e. The van der Waals surface area contributed by atoms with Crippen LogP contribution in [-0.4, -0.2) is 52.9 Å². The van der Waals surface area contributed by atoms with Crippen LogP contribution >= 0.6 is 0 Å². The highest BCUT2D eigenvalue weighted by molar-refractivity contribution is 6.10. The molecule has 1 amide bonds. The van der Waals surface area contributed by atoms with E-state index in [-0.39, 0.29) is 20.5 Å². The number of ketones is 1. The molecule has 4 rings (SSSR count). The molecule has 0 radical (unpaired) electrons. The summed E-state index contributed by atoms with van der Waals surface area (Å²) in [4.78, 5) is 37.7. The Morgan fingerprint density at radius 1 is 1.00 bits per heavy atom. The van der Waals surface area contributed by atoms with Gasteiger partial charge in [-0.3, -0.25) is 4.79 Å². The molecule has 0 bridgehead atoms. The number of aromatic nitrogens is 2. The number of carbonyl (C=O) groups is 2. The lowest BCUT2D eigenvalue weighted by Gasteiger charge is -2.23. The molecule has 0 spiro atoms. The Kier molecular flexibility index (Phi) is 6.30. The van der Waals surface area contributed by atoms with E-state index in [1.54, 1.807) is 47.5 Å². The number of rotatable bonds is 4. The van der Waals surface area contributed by atoms with Crippen LogP contribution in [0.1, 0.15) is 30.9 Å². The smallest absolute Gasteiger partial charge is 0.410 e. The summed E-state index contributed by atoms with van der Waals surface area (Å²) in [5.41, 5.74) is 7.59. The number of nitrogens with zero attached hydrogens (tertiary/aromatic N) is 4. The Morgan fingerprint density at radius 3 is 2.59 bits per heavy atom. The average molecular weight is 436 g/mol. The second-order valence-electron chi connectivity index (χ2n) is 7.66. The number of hydrogen-bond acceptors (Lipinski definition) is 7. The average Bonchev–Trinajstić information content (AvgIpc) is 3.07. The standard InChI is InChI=1S/C24H25N5O3.2H2/c1-17-8-10-18(11-9-17)32-24(31)29-14-4-13-28(15-16-29)21-7-2-6-20(27-21)22(30)19-5-3-12-26-23(19)25;;/h2-3,5-12H,4,13-16H2,1H3,(H2,25,26);2*1H. The minimum atomic E-state index is -0.361. The summed E-state index contributed by atoms with van der Waals surface area (Å²) < 4.78 is 5.51.